The highest BCUT2D eigenvalue weighted by molar-refractivity contribution is 5.27. The summed E-state index contributed by atoms with van der Waals surface area (Å²) >= 11 is 0. The maximum Gasteiger partial charge on any atom is 0.0635 e. The van der Waals surface area contributed by atoms with Crippen LogP contribution in [0, 0.1) is 28.6 Å². The normalized spacial score (nSPS) is 38.4. The van der Waals surface area contributed by atoms with Crippen LogP contribution in [0.25, 0.3) is 0 Å². The fourth-order valence-corrected chi connectivity index (χ4v) is 1.66. The van der Waals surface area contributed by atoms with Crippen LogP contribution in [0.4, 0.5) is 0 Å². The maximum absolute atomic E-state index is 5.37. The number of hydrogen-bond donors (Lipinski definition) is 0. The second-order valence-electron chi connectivity index (χ2n) is 5.07. The molecule has 1 saturated carbocycles. The average Bonchev–Trinajstić information content (AvgIpc) is 2.51. The summed E-state index contributed by atoms with van der Waals surface area (Å²) in [4.78, 5) is 0. The van der Waals surface area contributed by atoms with Crippen molar-refractivity contribution in [1.29, 1.82) is 0 Å². The van der Waals surface area contributed by atoms with E-state index in [2.05, 4.69) is 32.6 Å². The topological polar surface area (TPSA) is 9.23 Å². The Morgan fingerprint density at radius 3 is 2.58 bits per heavy atom. The largest absolute Gasteiger partial charge is 0.380 e. The summed E-state index contributed by atoms with van der Waals surface area (Å²) in [5, 5.41) is 0. The zero-order valence-electron chi connectivity index (χ0n) is 8.11. The van der Waals surface area contributed by atoms with Crippen LogP contribution in [0.15, 0.2) is 0 Å². The third-order valence-corrected chi connectivity index (χ3v) is 2.60. The van der Waals surface area contributed by atoms with E-state index in [4.69, 9.17) is 4.74 Å². The molecule has 1 heterocycles. The highest BCUT2D eigenvalue weighted by Gasteiger charge is 2.57. The van der Waals surface area contributed by atoms with E-state index in [0.29, 0.717) is 0 Å². The molecule has 0 amide bonds. The molecule has 12 heavy (non-hydrogen) atoms. The van der Waals surface area contributed by atoms with Gasteiger partial charge in [-0.1, -0.05) is 11.8 Å². The van der Waals surface area contributed by atoms with Crippen molar-refractivity contribution in [2.24, 2.45) is 16.7 Å². The van der Waals surface area contributed by atoms with Crippen LogP contribution in [0.2, 0.25) is 0 Å². The van der Waals surface area contributed by atoms with Crippen molar-refractivity contribution in [3.8, 4) is 11.8 Å². The minimum atomic E-state index is 0.143. The van der Waals surface area contributed by atoms with E-state index in [-0.39, 0.29) is 10.8 Å². The molecule has 2 unspecified atom stereocenters. The molecule has 0 aromatic carbocycles. The van der Waals surface area contributed by atoms with E-state index in [0.717, 1.165) is 19.1 Å². The van der Waals surface area contributed by atoms with E-state index in [9.17, 15) is 0 Å². The zero-order valence-corrected chi connectivity index (χ0v) is 8.11. The van der Waals surface area contributed by atoms with Crippen LogP contribution in [-0.2, 0) is 4.74 Å². The van der Waals surface area contributed by atoms with Crippen LogP contribution in [0.1, 0.15) is 27.2 Å². The molecule has 1 aliphatic heterocycles. The molecule has 0 radical (unpaired) electrons. The predicted octanol–water partition coefficient (Wildman–Crippen LogP) is 2.07. The lowest BCUT2D eigenvalue weighted by molar-refractivity contribution is 0.157. The van der Waals surface area contributed by atoms with Crippen molar-refractivity contribution in [3.05, 3.63) is 0 Å². The van der Waals surface area contributed by atoms with Gasteiger partial charge in [0.1, 0.15) is 0 Å². The van der Waals surface area contributed by atoms with Gasteiger partial charge >= 0.3 is 0 Å². The minimum Gasteiger partial charge on any atom is -0.380 e. The van der Waals surface area contributed by atoms with Crippen molar-refractivity contribution < 1.29 is 4.74 Å². The fraction of sp³-hybridized carbons (Fsp3) is 0.818. The summed E-state index contributed by atoms with van der Waals surface area (Å²) in [6, 6.07) is 0. The van der Waals surface area contributed by atoms with E-state index in [1.807, 2.05) is 0 Å². The molecular formula is C11H16O. The molecule has 1 heteroatoms. The molecule has 2 atom stereocenters. The van der Waals surface area contributed by atoms with Crippen molar-refractivity contribution >= 4 is 0 Å². The number of hydrogen-bond acceptors (Lipinski definition) is 1. The number of fused-ring (bicyclic) bond motifs is 1. The van der Waals surface area contributed by atoms with Gasteiger partial charge in [0, 0.05) is 11.3 Å². The van der Waals surface area contributed by atoms with Gasteiger partial charge in [-0.3, -0.25) is 0 Å². The predicted molar refractivity (Wildman–Crippen MR) is 48.6 cm³/mol. The maximum atomic E-state index is 5.37. The Kier molecular flexibility index (Phi) is 1.53. The summed E-state index contributed by atoms with van der Waals surface area (Å²) < 4.78 is 5.37. The van der Waals surface area contributed by atoms with Gasteiger partial charge in [-0.2, -0.15) is 0 Å². The highest BCUT2D eigenvalue weighted by atomic mass is 16.5. The first-order chi connectivity index (χ1) is 5.52. The monoisotopic (exact) mass is 164 g/mol. The molecular weight excluding hydrogens is 148 g/mol. The molecule has 0 spiro atoms. The van der Waals surface area contributed by atoms with Crippen LogP contribution < -0.4 is 0 Å². The summed E-state index contributed by atoms with van der Waals surface area (Å²) in [5.74, 6) is 7.47. The summed E-state index contributed by atoms with van der Waals surface area (Å²) in [6.07, 6.45) is 1.27. The van der Waals surface area contributed by atoms with E-state index in [1.54, 1.807) is 0 Å². The standard InChI is InChI=1S/C11H16O/c1-10(2,3)4-5-11-6-9(11)7-12-8-11/h9H,6-8H2,1-3H3. The molecule has 0 aromatic heterocycles. The van der Waals surface area contributed by atoms with Crippen molar-refractivity contribution in [2.45, 2.75) is 27.2 Å². The Bertz CT molecular complexity index is 250. The van der Waals surface area contributed by atoms with Gasteiger partial charge in [-0.15, -0.1) is 0 Å². The molecule has 2 fully saturated rings. The SMILES string of the molecule is CC(C)(C)C#CC12COCC1C2. The Labute approximate surface area is 74.5 Å². The Hall–Kier alpha value is -0.480. The Morgan fingerprint density at radius 2 is 2.17 bits per heavy atom. The van der Waals surface area contributed by atoms with Crippen LogP contribution in [0.5, 0.6) is 0 Å². The molecule has 0 N–H and O–H groups in total. The molecule has 1 saturated heterocycles. The molecule has 0 bridgehead atoms. The van der Waals surface area contributed by atoms with E-state index < -0.39 is 0 Å². The van der Waals surface area contributed by atoms with Gasteiger partial charge in [0.15, 0.2) is 0 Å². The molecule has 1 aliphatic carbocycles. The van der Waals surface area contributed by atoms with Gasteiger partial charge in [-0.25, -0.2) is 0 Å². The zero-order chi connectivity index (χ0) is 8.82. The molecule has 2 aliphatic rings. The second kappa shape index (κ2) is 2.26. The van der Waals surface area contributed by atoms with Crippen molar-refractivity contribution in [3.63, 3.8) is 0 Å². The van der Waals surface area contributed by atoms with Crippen LogP contribution in [0.3, 0.4) is 0 Å². The quantitative estimate of drug-likeness (QED) is 0.498. The Balaban J connectivity index is 2.07. The average molecular weight is 164 g/mol. The molecule has 1 nitrogen and oxygen atoms in total. The third kappa shape index (κ3) is 1.36. The number of rotatable bonds is 0. The minimum absolute atomic E-state index is 0.143. The third-order valence-electron chi connectivity index (χ3n) is 2.60. The Morgan fingerprint density at radius 1 is 1.42 bits per heavy atom. The summed E-state index contributed by atoms with van der Waals surface area (Å²) in [7, 11) is 0. The first-order valence-corrected chi connectivity index (χ1v) is 4.64. The van der Waals surface area contributed by atoms with Crippen LogP contribution >= 0.6 is 0 Å². The van der Waals surface area contributed by atoms with Gasteiger partial charge in [0.25, 0.3) is 0 Å². The summed E-state index contributed by atoms with van der Waals surface area (Å²) in [5.41, 5.74) is 0.428. The lowest BCUT2D eigenvalue weighted by atomic mass is 9.95. The van der Waals surface area contributed by atoms with E-state index >= 15 is 0 Å². The van der Waals surface area contributed by atoms with E-state index in [1.165, 1.54) is 6.42 Å². The second-order valence-corrected chi connectivity index (χ2v) is 5.07. The van der Waals surface area contributed by atoms with Crippen molar-refractivity contribution in [1.82, 2.24) is 0 Å². The van der Waals surface area contributed by atoms with Gasteiger partial charge in [-0.05, 0) is 27.2 Å². The fourth-order valence-electron chi connectivity index (χ4n) is 1.66. The molecule has 2 rings (SSSR count). The van der Waals surface area contributed by atoms with Gasteiger partial charge in [0.2, 0.25) is 0 Å². The van der Waals surface area contributed by atoms with Gasteiger partial charge in [0.05, 0.1) is 18.6 Å². The lowest BCUT2D eigenvalue weighted by Crippen LogP contribution is -2.05. The first-order valence-electron chi connectivity index (χ1n) is 4.64. The van der Waals surface area contributed by atoms with Gasteiger partial charge < -0.3 is 4.74 Å². The smallest absolute Gasteiger partial charge is 0.0635 e. The van der Waals surface area contributed by atoms with Crippen molar-refractivity contribution in [2.75, 3.05) is 13.2 Å². The summed E-state index contributed by atoms with van der Waals surface area (Å²) in [6.45, 7) is 8.29. The highest BCUT2D eigenvalue weighted by Crippen LogP contribution is 2.56. The number of ether oxygens (including phenoxy) is 1. The lowest BCUT2D eigenvalue weighted by Gasteiger charge is -2.08. The first kappa shape index (κ1) is 8.13. The molecule has 0 aromatic rings. The molecule has 66 valence electrons. The van der Waals surface area contributed by atoms with Crippen LogP contribution in [-0.4, -0.2) is 13.2 Å².